The number of hydrogen-bond acceptors (Lipinski definition) is 5. The molecule has 0 unspecified atom stereocenters. The molecule has 1 aromatic heterocycles. The van der Waals surface area contributed by atoms with Crippen molar-refractivity contribution in [2.24, 2.45) is 0 Å². The van der Waals surface area contributed by atoms with Crippen LogP contribution in [0, 0.1) is 0 Å². The lowest BCUT2D eigenvalue weighted by Crippen LogP contribution is -2.49. The second-order valence-corrected chi connectivity index (χ2v) is 8.20. The Hall–Kier alpha value is -2.51. The van der Waals surface area contributed by atoms with E-state index in [0.717, 1.165) is 25.2 Å². The van der Waals surface area contributed by atoms with Crippen LogP contribution in [0.15, 0.2) is 41.8 Å². The molecule has 1 aromatic carbocycles. The number of benzene rings is 1. The molecule has 1 saturated heterocycles. The van der Waals surface area contributed by atoms with Gasteiger partial charge in [-0.3, -0.25) is 24.2 Å². The summed E-state index contributed by atoms with van der Waals surface area (Å²) in [6, 6.07) is 11.4. The van der Waals surface area contributed by atoms with Gasteiger partial charge in [-0.25, -0.2) is 0 Å². The predicted molar refractivity (Wildman–Crippen MR) is 107 cm³/mol. The highest BCUT2D eigenvalue weighted by molar-refractivity contribution is 7.09. The Morgan fingerprint density at radius 1 is 1.00 bits per heavy atom. The average molecular weight is 398 g/mol. The molecule has 4 rings (SSSR count). The number of fused-ring (bicyclic) bond motifs is 1. The number of carbonyl (C=O) groups excluding carboxylic acids is 3. The average Bonchev–Trinajstić information content (AvgIpc) is 3.21. The summed E-state index contributed by atoms with van der Waals surface area (Å²) >= 11 is 1.75. The maximum atomic E-state index is 12.6. The predicted octanol–water partition coefficient (Wildman–Crippen LogP) is 2.01. The van der Waals surface area contributed by atoms with Crippen molar-refractivity contribution in [3.8, 4) is 0 Å². The molecule has 0 spiro atoms. The molecule has 3 amide bonds. The van der Waals surface area contributed by atoms with E-state index in [9.17, 15) is 14.4 Å². The van der Waals surface area contributed by atoms with Gasteiger partial charge < -0.3 is 4.90 Å². The van der Waals surface area contributed by atoms with Gasteiger partial charge in [0.1, 0.15) is 0 Å². The third kappa shape index (κ3) is 4.00. The zero-order valence-corrected chi connectivity index (χ0v) is 16.5. The number of nitrogens with zero attached hydrogens (tertiary/aromatic N) is 3. The van der Waals surface area contributed by atoms with Crippen LogP contribution in [0.5, 0.6) is 0 Å². The van der Waals surface area contributed by atoms with Crippen LogP contribution in [-0.4, -0.2) is 65.1 Å². The quantitative estimate of drug-likeness (QED) is 0.724. The van der Waals surface area contributed by atoms with E-state index >= 15 is 0 Å². The van der Waals surface area contributed by atoms with Crippen molar-refractivity contribution in [2.75, 3.05) is 32.7 Å². The summed E-state index contributed by atoms with van der Waals surface area (Å²) < 4.78 is 0. The van der Waals surface area contributed by atoms with Gasteiger partial charge in [0, 0.05) is 56.1 Å². The lowest BCUT2D eigenvalue weighted by atomic mass is 9.98. The standard InChI is InChI=1S/C21H23N3O3S/c25-19(23-11-9-22(10-12-23)15-17-5-3-13-28-17)7-8-24-20(26)14-16-4-1-2-6-18(16)21(24)27/h1-6,13H,7-12,14-15H2. The van der Waals surface area contributed by atoms with Gasteiger partial charge in [0.05, 0.1) is 6.42 Å². The van der Waals surface area contributed by atoms with Crippen molar-refractivity contribution in [3.05, 3.63) is 57.8 Å². The molecule has 3 heterocycles. The molecule has 0 atom stereocenters. The SMILES string of the molecule is O=C(CCN1C(=O)Cc2ccccc2C1=O)N1CCN(Cc2cccs2)CC1. The highest BCUT2D eigenvalue weighted by atomic mass is 32.1. The van der Waals surface area contributed by atoms with E-state index in [0.29, 0.717) is 18.7 Å². The molecule has 2 aliphatic heterocycles. The molecule has 0 radical (unpaired) electrons. The lowest BCUT2D eigenvalue weighted by molar-refractivity contribution is -0.134. The Morgan fingerprint density at radius 2 is 1.79 bits per heavy atom. The molecule has 146 valence electrons. The van der Waals surface area contributed by atoms with Crippen LogP contribution in [0.1, 0.15) is 27.2 Å². The molecular weight excluding hydrogens is 374 g/mol. The van der Waals surface area contributed by atoms with Crippen molar-refractivity contribution in [1.29, 1.82) is 0 Å². The van der Waals surface area contributed by atoms with Gasteiger partial charge in [-0.15, -0.1) is 11.3 Å². The zero-order chi connectivity index (χ0) is 19.5. The molecule has 0 saturated carbocycles. The number of amides is 3. The van der Waals surface area contributed by atoms with Crippen LogP contribution < -0.4 is 0 Å². The third-order valence-corrected chi connectivity index (χ3v) is 6.23. The van der Waals surface area contributed by atoms with Crippen LogP contribution in [0.3, 0.4) is 0 Å². The van der Waals surface area contributed by atoms with Gasteiger partial charge in [0.25, 0.3) is 5.91 Å². The first-order chi connectivity index (χ1) is 13.6. The van der Waals surface area contributed by atoms with Crippen LogP contribution >= 0.6 is 11.3 Å². The Bertz CT molecular complexity index is 873. The Kier molecular flexibility index (Phi) is 5.54. The molecule has 6 nitrogen and oxygen atoms in total. The summed E-state index contributed by atoms with van der Waals surface area (Å²) in [5, 5.41) is 2.08. The monoisotopic (exact) mass is 397 g/mol. The van der Waals surface area contributed by atoms with E-state index in [2.05, 4.69) is 22.4 Å². The molecule has 7 heteroatoms. The van der Waals surface area contributed by atoms with E-state index in [1.807, 2.05) is 17.0 Å². The van der Waals surface area contributed by atoms with E-state index in [-0.39, 0.29) is 37.1 Å². The zero-order valence-electron chi connectivity index (χ0n) is 15.7. The van der Waals surface area contributed by atoms with Crippen LogP contribution in [0.25, 0.3) is 0 Å². The Balaban J connectivity index is 1.28. The fraction of sp³-hybridized carbons (Fsp3) is 0.381. The number of hydrogen-bond donors (Lipinski definition) is 0. The summed E-state index contributed by atoms with van der Waals surface area (Å²) in [5.74, 6) is -0.507. The van der Waals surface area contributed by atoms with E-state index in [1.54, 1.807) is 23.5 Å². The Morgan fingerprint density at radius 3 is 2.54 bits per heavy atom. The molecular formula is C21H23N3O3S. The highest BCUT2D eigenvalue weighted by Gasteiger charge is 2.31. The minimum Gasteiger partial charge on any atom is -0.340 e. The largest absolute Gasteiger partial charge is 0.340 e. The molecule has 0 aliphatic carbocycles. The fourth-order valence-corrected chi connectivity index (χ4v) is 4.52. The molecule has 0 N–H and O–H groups in total. The summed E-state index contributed by atoms with van der Waals surface area (Å²) in [6.07, 6.45) is 0.405. The molecule has 0 bridgehead atoms. The molecule has 1 fully saturated rings. The van der Waals surface area contributed by atoms with E-state index in [1.165, 1.54) is 9.78 Å². The van der Waals surface area contributed by atoms with Gasteiger partial charge in [0.2, 0.25) is 11.8 Å². The van der Waals surface area contributed by atoms with Gasteiger partial charge in [0.15, 0.2) is 0 Å². The van der Waals surface area contributed by atoms with Crippen LogP contribution in [-0.2, 0) is 22.6 Å². The fourth-order valence-electron chi connectivity index (χ4n) is 3.77. The van der Waals surface area contributed by atoms with E-state index < -0.39 is 0 Å². The maximum absolute atomic E-state index is 12.6. The maximum Gasteiger partial charge on any atom is 0.260 e. The Labute approximate surface area is 168 Å². The second-order valence-electron chi connectivity index (χ2n) is 7.17. The summed E-state index contributed by atoms with van der Waals surface area (Å²) in [6.45, 7) is 4.15. The van der Waals surface area contributed by atoms with Crippen LogP contribution in [0.2, 0.25) is 0 Å². The molecule has 28 heavy (non-hydrogen) atoms. The first-order valence-corrected chi connectivity index (χ1v) is 10.4. The van der Waals surface area contributed by atoms with Gasteiger partial charge >= 0.3 is 0 Å². The first kappa shape index (κ1) is 18.8. The lowest BCUT2D eigenvalue weighted by Gasteiger charge is -2.35. The minimum absolute atomic E-state index is 0.00947. The molecule has 2 aliphatic rings. The number of thiophene rings is 1. The smallest absolute Gasteiger partial charge is 0.260 e. The molecule has 2 aromatic rings. The number of piperazine rings is 1. The number of rotatable bonds is 5. The van der Waals surface area contributed by atoms with Crippen LogP contribution in [0.4, 0.5) is 0 Å². The number of carbonyl (C=O) groups is 3. The van der Waals surface area contributed by atoms with Crippen molar-refractivity contribution in [3.63, 3.8) is 0 Å². The van der Waals surface area contributed by atoms with Gasteiger partial charge in [-0.1, -0.05) is 24.3 Å². The topological polar surface area (TPSA) is 60.9 Å². The highest BCUT2D eigenvalue weighted by Crippen LogP contribution is 2.20. The van der Waals surface area contributed by atoms with Crippen molar-refractivity contribution in [2.45, 2.75) is 19.4 Å². The van der Waals surface area contributed by atoms with Crippen molar-refractivity contribution < 1.29 is 14.4 Å². The van der Waals surface area contributed by atoms with Crippen molar-refractivity contribution >= 4 is 29.1 Å². The van der Waals surface area contributed by atoms with Gasteiger partial charge in [-0.2, -0.15) is 0 Å². The normalized spacial score (nSPS) is 17.7. The summed E-state index contributed by atoms with van der Waals surface area (Å²) in [4.78, 5) is 44.3. The van der Waals surface area contributed by atoms with Gasteiger partial charge in [-0.05, 0) is 23.1 Å². The van der Waals surface area contributed by atoms with E-state index in [4.69, 9.17) is 0 Å². The minimum atomic E-state index is -0.291. The summed E-state index contributed by atoms with van der Waals surface area (Å²) in [5.41, 5.74) is 1.33. The summed E-state index contributed by atoms with van der Waals surface area (Å²) in [7, 11) is 0. The second kappa shape index (κ2) is 8.24. The first-order valence-electron chi connectivity index (χ1n) is 9.57. The third-order valence-electron chi connectivity index (χ3n) is 5.37. The van der Waals surface area contributed by atoms with Crippen molar-refractivity contribution in [1.82, 2.24) is 14.7 Å². The number of imide groups is 1.